The summed E-state index contributed by atoms with van der Waals surface area (Å²) in [4.78, 5) is 1.38. The van der Waals surface area contributed by atoms with E-state index in [9.17, 15) is 0 Å². The predicted molar refractivity (Wildman–Crippen MR) is 67.2 cm³/mol. The molecule has 0 N–H and O–H groups in total. The Hall–Kier alpha value is -1.14. The van der Waals surface area contributed by atoms with Crippen molar-refractivity contribution >= 4 is 27.5 Å². The highest BCUT2D eigenvalue weighted by atomic mass is 79.9. The molecule has 0 bridgehead atoms. The Morgan fingerprint density at radius 2 is 2.29 bits per heavy atom. The zero-order valence-electron chi connectivity index (χ0n) is 9.10. The number of ether oxygens (including phenoxy) is 1. The van der Waals surface area contributed by atoms with Crippen molar-refractivity contribution in [1.29, 1.82) is 0 Å². The third-order valence-electron chi connectivity index (χ3n) is 2.06. The quantitative estimate of drug-likeness (QED) is 0.812. The second-order valence-electron chi connectivity index (χ2n) is 3.38. The highest BCUT2D eigenvalue weighted by Crippen LogP contribution is 2.26. The summed E-state index contributed by atoms with van der Waals surface area (Å²) in [5.74, 6) is 1.14. The van der Waals surface area contributed by atoms with Crippen molar-refractivity contribution in [3.8, 4) is 5.75 Å². The van der Waals surface area contributed by atoms with Gasteiger partial charge >= 0.3 is 0 Å². The molecule has 0 unspecified atom stereocenters. The van der Waals surface area contributed by atoms with Gasteiger partial charge in [-0.05, 0) is 22.9 Å². The van der Waals surface area contributed by atoms with Crippen molar-refractivity contribution < 1.29 is 4.74 Å². The van der Waals surface area contributed by atoms with E-state index in [1.807, 2.05) is 18.2 Å². The van der Waals surface area contributed by atoms with Gasteiger partial charge < -0.3 is 4.74 Å². The lowest BCUT2D eigenvalue weighted by Gasteiger charge is -2.06. The molecule has 0 aliphatic rings. The Kier molecular flexibility index (Phi) is 3.96. The molecule has 17 heavy (non-hydrogen) atoms. The maximum absolute atomic E-state index is 6.07. The summed E-state index contributed by atoms with van der Waals surface area (Å²) >= 11 is 9.44. The lowest BCUT2D eigenvalue weighted by atomic mass is 10.2. The van der Waals surface area contributed by atoms with Gasteiger partial charge in [0.25, 0.3) is 0 Å². The van der Waals surface area contributed by atoms with Gasteiger partial charge in [0.15, 0.2) is 6.61 Å². The molecule has 0 aliphatic heterocycles. The van der Waals surface area contributed by atoms with E-state index in [2.05, 4.69) is 31.3 Å². The first-order chi connectivity index (χ1) is 8.19. The number of hydrogen-bond acceptors (Lipinski definition) is 4. The third kappa shape index (κ3) is 3.17. The van der Waals surface area contributed by atoms with Gasteiger partial charge in [-0.25, -0.2) is 0 Å². The second-order valence-corrected chi connectivity index (χ2v) is 4.35. The summed E-state index contributed by atoms with van der Waals surface area (Å²) in [5.41, 5.74) is 1.10. The van der Waals surface area contributed by atoms with Crippen LogP contribution in [0.3, 0.4) is 0 Å². The minimum absolute atomic E-state index is 0.251. The van der Waals surface area contributed by atoms with Crippen molar-refractivity contribution in [1.82, 2.24) is 20.2 Å². The minimum atomic E-state index is 0.251. The van der Waals surface area contributed by atoms with Crippen LogP contribution in [-0.2, 0) is 19.0 Å². The summed E-state index contributed by atoms with van der Waals surface area (Å²) in [5, 5.41) is 12.9. The van der Waals surface area contributed by atoms with E-state index in [1.165, 1.54) is 4.80 Å². The fourth-order valence-electron chi connectivity index (χ4n) is 1.27. The fourth-order valence-corrected chi connectivity index (χ4v) is 1.87. The lowest BCUT2D eigenvalue weighted by Crippen LogP contribution is -1.99. The second kappa shape index (κ2) is 5.46. The molecule has 1 heterocycles. The molecule has 90 valence electrons. The monoisotopic (exact) mass is 316 g/mol. The summed E-state index contributed by atoms with van der Waals surface area (Å²) in [6, 6.07) is 5.63. The molecule has 0 atom stereocenters. The van der Waals surface area contributed by atoms with Gasteiger partial charge in [0.1, 0.15) is 5.75 Å². The molecule has 2 rings (SSSR count). The van der Waals surface area contributed by atoms with Crippen LogP contribution in [0.15, 0.2) is 18.2 Å². The summed E-state index contributed by atoms with van der Waals surface area (Å²) in [7, 11) is 1.70. The zero-order valence-corrected chi connectivity index (χ0v) is 11.4. The van der Waals surface area contributed by atoms with E-state index in [-0.39, 0.29) is 6.61 Å². The molecule has 7 heteroatoms. The SMILES string of the molecule is Cn1nnc(COc2ccc(CBr)cc2Cl)n1. The Morgan fingerprint density at radius 3 is 2.88 bits per heavy atom. The Labute approximate surface area is 112 Å². The molecule has 0 radical (unpaired) electrons. The zero-order chi connectivity index (χ0) is 12.3. The van der Waals surface area contributed by atoms with Crippen molar-refractivity contribution in [3.63, 3.8) is 0 Å². The molecule has 0 saturated heterocycles. The smallest absolute Gasteiger partial charge is 0.212 e. The van der Waals surface area contributed by atoms with Gasteiger partial charge in [0, 0.05) is 5.33 Å². The van der Waals surface area contributed by atoms with E-state index in [0.717, 1.165) is 10.9 Å². The predicted octanol–water partition coefficient (Wildman–Crippen LogP) is 2.34. The van der Waals surface area contributed by atoms with Gasteiger partial charge in [0.05, 0.1) is 12.1 Å². The van der Waals surface area contributed by atoms with E-state index in [4.69, 9.17) is 16.3 Å². The first kappa shape index (κ1) is 12.3. The first-order valence-electron chi connectivity index (χ1n) is 4.89. The molecule has 1 aromatic heterocycles. The Bertz CT molecular complexity index is 517. The van der Waals surface area contributed by atoms with Gasteiger partial charge in [-0.15, -0.1) is 10.2 Å². The Balaban J connectivity index is 2.04. The van der Waals surface area contributed by atoms with Crippen LogP contribution in [0.25, 0.3) is 0 Å². The number of aryl methyl sites for hydroxylation is 1. The number of nitrogens with zero attached hydrogens (tertiary/aromatic N) is 4. The van der Waals surface area contributed by atoms with Crippen LogP contribution in [0.4, 0.5) is 0 Å². The van der Waals surface area contributed by atoms with Crippen molar-refractivity contribution in [2.45, 2.75) is 11.9 Å². The Morgan fingerprint density at radius 1 is 1.47 bits per heavy atom. The number of rotatable bonds is 4. The van der Waals surface area contributed by atoms with Crippen LogP contribution in [0.5, 0.6) is 5.75 Å². The molecule has 0 saturated carbocycles. The van der Waals surface area contributed by atoms with Crippen molar-refractivity contribution in [2.75, 3.05) is 0 Å². The molecular weight excluding hydrogens is 307 g/mol. The van der Waals surface area contributed by atoms with Crippen molar-refractivity contribution in [2.24, 2.45) is 7.05 Å². The van der Waals surface area contributed by atoms with E-state index >= 15 is 0 Å². The topological polar surface area (TPSA) is 52.8 Å². The molecular formula is C10H10BrClN4O. The number of tetrazole rings is 1. The molecule has 0 aliphatic carbocycles. The first-order valence-corrected chi connectivity index (χ1v) is 6.39. The maximum atomic E-state index is 6.07. The average molecular weight is 318 g/mol. The molecule has 5 nitrogen and oxygen atoms in total. The van der Waals surface area contributed by atoms with Crippen LogP contribution in [0.2, 0.25) is 5.02 Å². The largest absolute Gasteiger partial charge is 0.484 e. The lowest BCUT2D eigenvalue weighted by molar-refractivity contribution is 0.295. The number of alkyl halides is 1. The van der Waals surface area contributed by atoms with E-state index < -0.39 is 0 Å². The fraction of sp³-hybridized carbons (Fsp3) is 0.300. The summed E-state index contributed by atoms with van der Waals surface area (Å²) in [6.45, 7) is 0.251. The standard InChI is InChI=1S/C10H10BrClN4O/c1-16-14-10(13-15-16)6-17-9-3-2-7(5-11)4-8(9)12/h2-4H,5-6H2,1H3. The molecule has 0 spiro atoms. The summed E-state index contributed by atoms with van der Waals surface area (Å²) in [6.07, 6.45) is 0. The van der Waals surface area contributed by atoms with Crippen LogP contribution in [0, 0.1) is 0 Å². The van der Waals surface area contributed by atoms with Crippen LogP contribution >= 0.6 is 27.5 Å². The normalized spacial score (nSPS) is 10.5. The van der Waals surface area contributed by atoms with E-state index in [1.54, 1.807) is 7.05 Å². The average Bonchev–Trinajstić information content (AvgIpc) is 2.73. The number of aromatic nitrogens is 4. The minimum Gasteiger partial charge on any atom is -0.484 e. The van der Waals surface area contributed by atoms with E-state index in [0.29, 0.717) is 16.6 Å². The number of halogens is 2. The molecule has 0 amide bonds. The highest BCUT2D eigenvalue weighted by Gasteiger charge is 2.05. The van der Waals surface area contributed by atoms with Crippen molar-refractivity contribution in [3.05, 3.63) is 34.6 Å². The van der Waals surface area contributed by atoms with Crippen LogP contribution < -0.4 is 4.74 Å². The molecule has 1 aromatic carbocycles. The third-order valence-corrected chi connectivity index (χ3v) is 3.00. The molecule has 2 aromatic rings. The van der Waals surface area contributed by atoms with Crippen LogP contribution in [0.1, 0.15) is 11.4 Å². The van der Waals surface area contributed by atoms with Crippen LogP contribution in [-0.4, -0.2) is 20.2 Å². The molecule has 0 fully saturated rings. The highest BCUT2D eigenvalue weighted by molar-refractivity contribution is 9.08. The number of hydrogen-bond donors (Lipinski definition) is 0. The van der Waals surface area contributed by atoms with Gasteiger partial charge in [0.2, 0.25) is 5.82 Å². The van der Waals surface area contributed by atoms with Gasteiger partial charge in [-0.2, -0.15) is 4.80 Å². The summed E-state index contributed by atoms with van der Waals surface area (Å²) < 4.78 is 5.51. The number of benzene rings is 1. The van der Waals surface area contributed by atoms with Gasteiger partial charge in [-0.3, -0.25) is 0 Å². The van der Waals surface area contributed by atoms with Gasteiger partial charge in [-0.1, -0.05) is 33.6 Å². The maximum Gasteiger partial charge on any atom is 0.212 e.